The molecule has 1 N–H and O–H groups in total. The van der Waals surface area contributed by atoms with E-state index in [4.69, 9.17) is 0 Å². The number of rotatable bonds is 10. The quantitative estimate of drug-likeness (QED) is 0.299. The molecule has 1 fully saturated rings. The molecule has 1 aromatic carbocycles. The topological polar surface area (TPSA) is 23.5 Å². The van der Waals surface area contributed by atoms with E-state index in [-0.39, 0.29) is 0 Å². The van der Waals surface area contributed by atoms with Gasteiger partial charge in [-0.1, -0.05) is 43.4 Å². The maximum atomic E-state index is 9.50. The molecule has 0 saturated heterocycles. The fraction of sp³-hybridized carbons (Fsp3) is 0.407. The van der Waals surface area contributed by atoms with Crippen molar-refractivity contribution in [1.29, 1.82) is 0 Å². The van der Waals surface area contributed by atoms with Crippen molar-refractivity contribution in [1.82, 2.24) is 4.90 Å². The zero-order valence-corrected chi connectivity index (χ0v) is 19.9. The lowest BCUT2D eigenvalue weighted by Gasteiger charge is -2.38. The van der Waals surface area contributed by atoms with Gasteiger partial charge in [0.25, 0.3) is 0 Å². The van der Waals surface area contributed by atoms with Gasteiger partial charge < -0.3 is 10.0 Å². The minimum atomic E-state index is 0.321. The van der Waals surface area contributed by atoms with Crippen molar-refractivity contribution in [2.45, 2.75) is 59.8 Å². The molecule has 1 aliphatic carbocycles. The molecular formula is C27H37NOS. The zero-order chi connectivity index (χ0) is 22.1. The minimum Gasteiger partial charge on any atom is -0.508 e. The Kier molecular flexibility index (Phi) is 9.58. The van der Waals surface area contributed by atoms with Gasteiger partial charge in [-0.2, -0.15) is 12.6 Å². The molecule has 0 spiro atoms. The second-order valence-corrected chi connectivity index (χ2v) is 8.52. The maximum Gasteiger partial charge on any atom is 0.115 e. The molecule has 0 aliphatic heterocycles. The zero-order valence-electron chi connectivity index (χ0n) is 19.0. The fourth-order valence-electron chi connectivity index (χ4n) is 3.82. The molecule has 162 valence electrons. The standard InChI is InChI=1S/C27H37NOS/c1-6-27(25-10-7-11-25)28(17-8-9-24-12-14-26(29)15-13-24)23(5)22(4)19-21(3)20(2)16-18-30/h6,12-16,18-19,25,29-30H,5,7-11,17H2,1-4H3/b18-16-,21-20+,22-19+,27-6-. The first kappa shape index (κ1) is 24.1. The second kappa shape index (κ2) is 11.9. The summed E-state index contributed by atoms with van der Waals surface area (Å²) in [7, 11) is 0. The highest BCUT2D eigenvalue weighted by Crippen LogP contribution is 2.37. The lowest BCUT2D eigenvalue weighted by molar-refractivity contribution is 0.278. The molecule has 1 aliphatic rings. The molecule has 0 unspecified atom stereocenters. The molecule has 3 heteroatoms. The summed E-state index contributed by atoms with van der Waals surface area (Å²) in [6.07, 6.45) is 12.4. The van der Waals surface area contributed by atoms with E-state index in [9.17, 15) is 5.11 Å². The molecule has 1 saturated carbocycles. The van der Waals surface area contributed by atoms with Crippen LogP contribution >= 0.6 is 12.6 Å². The van der Waals surface area contributed by atoms with Crippen molar-refractivity contribution in [2.75, 3.05) is 6.54 Å². The van der Waals surface area contributed by atoms with Crippen LogP contribution in [0.1, 0.15) is 58.9 Å². The van der Waals surface area contributed by atoms with E-state index in [2.05, 4.69) is 64.0 Å². The SMILES string of the molecule is C=C(/C(C)=C/C(C)=C(C)/C=C\S)N(CCCc1ccc(O)cc1)/C(=C\C)C1CCC1. The van der Waals surface area contributed by atoms with Gasteiger partial charge in [-0.05, 0) is 99.1 Å². The van der Waals surface area contributed by atoms with Crippen molar-refractivity contribution in [3.63, 3.8) is 0 Å². The van der Waals surface area contributed by atoms with Gasteiger partial charge in [-0.25, -0.2) is 0 Å². The lowest BCUT2D eigenvalue weighted by Crippen LogP contribution is -2.31. The highest BCUT2D eigenvalue weighted by molar-refractivity contribution is 7.83. The molecule has 30 heavy (non-hydrogen) atoms. The molecule has 0 aromatic heterocycles. The summed E-state index contributed by atoms with van der Waals surface area (Å²) in [5.74, 6) is 0.973. The van der Waals surface area contributed by atoms with Gasteiger partial charge in [0.1, 0.15) is 5.75 Å². The van der Waals surface area contributed by atoms with Gasteiger partial charge >= 0.3 is 0 Å². The third-order valence-corrected chi connectivity index (χ3v) is 6.22. The number of nitrogens with zero attached hydrogens (tertiary/aromatic N) is 1. The van der Waals surface area contributed by atoms with Crippen LogP contribution in [0.4, 0.5) is 0 Å². The van der Waals surface area contributed by atoms with Crippen molar-refractivity contribution in [2.24, 2.45) is 5.92 Å². The van der Waals surface area contributed by atoms with Crippen molar-refractivity contribution >= 4 is 12.6 Å². The van der Waals surface area contributed by atoms with Crippen LogP contribution in [0.2, 0.25) is 0 Å². The number of phenolic OH excluding ortho intramolecular Hbond substituents is 1. The Labute approximate surface area is 188 Å². The third-order valence-electron chi connectivity index (χ3n) is 6.07. The van der Waals surface area contributed by atoms with E-state index in [0.717, 1.165) is 25.1 Å². The average molecular weight is 424 g/mol. The molecular weight excluding hydrogens is 386 g/mol. The fourth-order valence-corrected chi connectivity index (χ4v) is 4.04. The smallest absolute Gasteiger partial charge is 0.115 e. The maximum absolute atomic E-state index is 9.50. The van der Waals surface area contributed by atoms with E-state index < -0.39 is 0 Å². The largest absolute Gasteiger partial charge is 0.508 e. The highest BCUT2D eigenvalue weighted by Gasteiger charge is 2.26. The molecule has 0 atom stereocenters. The summed E-state index contributed by atoms with van der Waals surface area (Å²) in [5, 5.41) is 11.3. The first-order valence-corrected chi connectivity index (χ1v) is 11.5. The third kappa shape index (κ3) is 6.70. The predicted molar refractivity (Wildman–Crippen MR) is 134 cm³/mol. The number of allylic oxidation sites excluding steroid dienone is 7. The van der Waals surface area contributed by atoms with E-state index in [1.807, 2.05) is 18.2 Å². The van der Waals surface area contributed by atoms with Crippen LogP contribution in [0.25, 0.3) is 0 Å². The Morgan fingerprint density at radius 3 is 2.37 bits per heavy atom. The summed E-state index contributed by atoms with van der Waals surface area (Å²) in [5.41, 5.74) is 7.39. The molecule has 0 radical (unpaired) electrons. The monoisotopic (exact) mass is 423 g/mol. The number of hydrogen-bond acceptors (Lipinski definition) is 3. The minimum absolute atomic E-state index is 0.321. The summed E-state index contributed by atoms with van der Waals surface area (Å²) in [4.78, 5) is 2.44. The Balaban J connectivity index is 2.18. The van der Waals surface area contributed by atoms with E-state index >= 15 is 0 Å². The Hall–Kier alpha value is -2.13. The molecule has 2 rings (SSSR count). The normalized spacial score (nSPS) is 16.4. The summed E-state index contributed by atoms with van der Waals surface area (Å²) >= 11 is 4.19. The Morgan fingerprint density at radius 1 is 1.17 bits per heavy atom. The summed E-state index contributed by atoms with van der Waals surface area (Å²) in [6.45, 7) is 14.0. The number of benzene rings is 1. The average Bonchev–Trinajstić information content (AvgIpc) is 2.69. The van der Waals surface area contributed by atoms with Crippen molar-refractivity contribution < 1.29 is 5.11 Å². The van der Waals surface area contributed by atoms with Crippen LogP contribution in [0.5, 0.6) is 5.75 Å². The van der Waals surface area contributed by atoms with Crippen LogP contribution in [0.15, 0.2) is 82.6 Å². The van der Waals surface area contributed by atoms with Gasteiger partial charge in [0.2, 0.25) is 0 Å². The molecule has 0 heterocycles. The number of thiol groups is 1. The van der Waals surface area contributed by atoms with E-state index in [0.29, 0.717) is 11.7 Å². The Morgan fingerprint density at radius 2 is 1.83 bits per heavy atom. The molecule has 1 aromatic rings. The van der Waals surface area contributed by atoms with Crippen LogP contribution in [-0.4, -0.2) is 16.6 Å². The number of hydrogen-bond donors (Lipinski definition) is 2. The van der Waals surface area contributed by atoms with Gasteiger partial charge in [-0.15, -0.1) is 0 Å². The van der Waals surface area contributed by atoms with E-state index in [1.165, 1.54) is 47.2 Å². The summed E-state index contributed by atoms with van der Waals surface area (Å²) in [6, 6.07) is 7.55. The Bertz CT molecular complexity index is 838. The van der Waals surface area contributed by atoms with Gasteiger partial charge in [0.05, 0.1) is 0 Å². The lowest BCUT2D eigenvalue weighted by atomic mass is 9.81. The van der Waals surface area contributed by atoms with Crippen molar-refractivity contribution in [3.8, 4) is 5.75 Å². The molecule has 2 nitrogen and oxygen atoms in total. The predicted octanol–water partition coefficient (Wildman–Crippen LogP) is 7.57. The van der Waals surface area contributed by atoms with Crippen LogP contribution in [0, 0.1) is 5.92 Å². The van der Waals surface area contributed by atoms with Gasteiger partial charge in [0.15, 0.2) is 0 Å². The van der Waals surface area contributed by atoms with E-state index in [1.54, 1.807) is 17.5 Å². The van der Waals surface area contributed by atoms with Gasteiger partial charge in [0, 0.05) is 17.9 Å². The first-order chi connectivity index (χ1) is 14.4. The first-order valence-electron chi connectivity index (χ1n) is 10.9. The highest BCUT2D eigenvalue weighted by atomic mass is 32.1. The van der Waals surface area contributed by atoms with Crippen LogP contribution in [0.3, 0.4) is 0 Å². The van der Waals surface area contributed by atoms with Crippen LogP contribution in [-0.2, 0) is 6.42 Å². The number of aryl methyl sites for hydroxylation is 1. The molecule has 0 bridgehead atoms. The van der Waals surface area contributed by atoms with Crippen LogP contribution < -0.4 is 0 Å². The van der Waals surface area contributed by atoms with Gasteiger partial charge in [-0.3, -0.25) is 0 Å². The number of aromatic hydroxyl groups is 1. The molecule has 0 amide bonds. The number of phenols is 1. The second-order valence-electron chi connectivity index (χ2n) is 8.22. The van der Waals surface area contributed by atoms with Crippen molar-refractivity contribution in [3.05, 3.63) is 88.2 Å². The summed E-state index contributed by atoms with van der Waals surface area (Å²) < 4.78 is 0.